The SMILES string of the molecule is CCNC(=NCCNC(=O)Cc1ccc(F)cc1)N(C)Cc1cccc(F)c1.I. The molecule has 0 saturated heterocycles. The van der Waals surface area contributed by atoms with E-state index >= 15 is 0 Å². The zero-order valence-electron chi connectivity index (χ0n) is 16.6. The lowest BCUT2D eigenvalue weighted by Gasteiger charge is -2.22. The lowest BCUT2D eigenvalue weighted by atomic mass is 10.1. The van der Waals surface area contributed by atoms with E-state index in [0.717, 1.165) is 11.1 Å². The van der Waals surface area contributed by atoms with Crippen molar-refractivity contribution < 1.29 is 13.6 Å². The summed E-state index contributed by atoms with van der Waals surface area (Å²) in [6.45, 7) is 3.98. The molecule has 0 atom stereocenters. The second-order valence-corrected chi connectivity index (χ2v) is 6.37. The largest absolute Gasteiger partial charge is 0.357 e. The van der Waals surface area contributed by atoms with Crippen molar-refractivity contribution in [3.8, 4) is 0 Å². The normalized spacial score (nSPS) is 10.8. The molecule has 0 heterocycles. The monoisotopic (exact) mass is 516 g/mol. The van der Waals surface area contributed by atoms with E-state index in [1.807, 2.05) is 24.9 Å². The average molecular weight is 516 g/mol. The van der Waals surface area contributed by atoms with Crippen LogP contribution in [0.1, 0.15) is 18.1 Å². The van der Waals surface area contributed by atoms with E-state index in [4.69, 9.17) is 0 Å². The standard InChI is InChI=1S/C21H26F2N4O.HI/c1-3-24-21(27(2)15-17-5-4-6-19(23)13-17)26-12-11-25-20(28)14-16-7-9-18(22)10-8-16;/h4-10,13H,3,11-12,14-15H2,1-2H3,(H,24,26)(H,25,28);1H. The molecule has 2 aromatic rings. The quantitative estimate of drug-likeness (QED) is 0.245. The number of nitrogens with one attached hydrogen (secondary N) is 2. The summed E-state index contributed by atoms with van der Waals surface area (Å²) in [6.07, 6.45) is 0.198. The molecular formula is C21H27F2IN4O. The molecule has 158 valence electrons. The van der Waals surface area contributed by atoms with Gasteiger partial charge in [-0.05, 0) is 42.3 Å². The maximum Gasteiger partial charge on any atom is 0.224 e. The summed E-state index contributed by atoms with van der Waals surface area (Å²) in [4.78, 5) is 18.4. The van der Waals surface area contributed by atoms with Crippen LogP contribution in [-0.2, 0) is 17.8 Å². The molecule has 0 saturated carbocycles. The van der Waals surface area contributed by atoms with E-state index in [9.17, 15) is 13.6 Å². The van der Waals surface area contributed by atoms with Crippen LogP contribution in [0.3, 0.4) is 0 Å². The lowest BCUT2D eigenvalue weighted by Crippen LogP contribution is -2.39. The topological polar surface area (TPSA) is 56.7 Å². The molecule has 0 bridgehead atoms. The van der Waals surface area contributed by atoms with Crippen LogP contribution in [0.4, 0.5) is 8.78 Å². The van der Waals surface area contributed by atoms with E-state index in [-0.39, 0.29) is 47.9 Å². The molecule has 2 N–H and O–H groups in total. The van der Waals surface area contributed by atoms with Gasteiger partial charge in [0.2, 0.25) is 5.91 Å². The second-order valence-electron chi connectivity index (χ2n) is 6.37. The Morgan fingerprint density at radius 2 is 1.76 bits per heavy atom. The summed E-state index contributed by atoms with van der Waals surface area (Å²) in [5, 5.41) is 5.99. The summed E-state index contributed by atoms with van der Waals surface area (Å²) in [6, 6.07) is 12.3. The van der Waals surface area contributed by atoms with Gasteiger partial charge in [-0.2, -0.15) is 0 Å². The van der Waals surface area contributed by atoms with Crippen LogP contribution in [0.2, 0.25) is 0 Å². The molecule has 0 aromatic heterocycles. The molecule has 0 unspecified atom stereocenters. The first-order valence-electron chi connectivity index (χ1n) is 9.23. The van der Waals surface area contributed by atoms with E-state index in [1.165, 1.54) is 24.3 Å². The fourth-order valence-corrected chi connectivity index (χ4v) is 2.66. The van der Waals surface area contributed by atoms with Gasteiger partial charge in [-0.25, -0.2) is 8.78 Å². The Kier molecular flexibility index (Phi) is 11.2. The summed E-state index contributed by atoms with van der Waals surface area (Å²) in [5.41, 5.74) is 1.60. The van der Waals surface area contributed by atoms with Crippen molar-refractivity contribution in [2.45, 2.75) is 19.9 Å². The van der Waals surface area contributed by atoms with Crippen molar-refractivity contribution in [1.29, 1.82) is 0 Å². The van der Waals surface area contributed by atoms with Crippen molar-refractivity contribution in [2.24, 2.45) is 4.99 Å². The number of hydrogen-bond acceptors (Lipinski definition) is 2. The highest BCUT2D eigenvalue weighted by Crippen LogP contribution is 2.06. The Bertz CT molecular complexity index is 800. The minimum atomic E-state index is -0.322. The maximum atomic E-state index is 13.3. The van der Waals surface area contributed by atoms with Crippen LogP contribution in [0.25, 0.3) is 0 Å². The molecule has 2 aromatic carbocycles. The van der Waals surface area contributed by atoms with Crippen LogP contribution in [0, 0.1) is 11.6 Å². The number of carbonyl (C=O) groups is 1. The van der Waals surface area contributed by atoms with Gasteiger partial charge < -0.3 is 15.5 Å². The van der Waals surface area contributed by atoms with Crippen LogP contribution in [-0.4, -0.2) is 43.4 Å². The Morgan fingerprint density at radius 3 is 2.41 bits per heavy atom. The highest BCUT2D eigenvalue weighted by Gasteiger charge is 2.07. The highest BCUT2D eigenvalue weighted by molar-refractivity contribution is 14.0. The van der Waals surface area contributed by atoms with Crippen LogP contribution >= 0.6 is 24.0 Å². The van der Waals surface area contributed by atoms with Gasteiger partial charge in [-0.15, -0.1) is 24.0 Å². The highest BCUT2D eigenvalue weighted by atomic mass is 127. The predicted molar refractivity (Wildman–Crippen MR) is 122 cm³/mol. The van der Waals surface area contributed by atoms with Gasteiger partial charge in [-0.3, -0.25) is 9.79 Å². The molecule has 0 aliphatic rings. The molecule has 0 aliphatic carbocycles. The van der Waals surface area contributed by atoms with E-state index < -0.39 is 0 Å². The van der Waals surface area contributed by atoms with Crippen molar-refractivity contribution in [3.05, 3.63) is 71.3 Å². The first-order valence-corrected chi connectivity index (χ1v) is 9.23. The summed E-state index contributed by atoms with van der Waals surface area (Å²) in [5.74, 6) is -0.0482. The van der Waals surface area contributed by atoms with Gasteiger partial charge in [0, 0.05) is 26.7 Å². The molecule has 0 fully saturated rings. The zero-order valence-corrected chi connectivity index (χ0v) is 19.0. The third-order valence-electron chi connectivity index (χ3n) is 3.98. The van der Waals surface area contributed by atoms with Gasteiger partial charge in [0.1, 0.15) is 11.6 Å². The van der Waals surface area contributed by atoms with Crippen LogP contribution in [0.15, 0.2) is 53.5 Å². The van der Waals surface area contributed by atoms with E-state index in [0.29, 0.717) is 32.1 Å². The summed E-state index contributed by atoms with van der Waals surface area (Å²) in [7, 11) is 1.87. The summed E-state index contributed by atoms with van der Waals surface area (Å²) >= 11 is 0. The van der Waals surface area contributed by atoms with Gasteiger partial charge in [0.15, 0.2) is 5.96 Å². The molecule has 1 amide bonds. The van der Waals surface area contributed by atoms with Crippen molar-refractivity contribution >= 4 is 35.8 Å². The minimum absolute atomic E-state index is 0. The third-order valence-corrected chi connectivity index (χ3v) is 3.98. The molecule has 0 aliphatic heterocycles. The smallest absolute Gasteiger partial charge is 0.224 e. The van der Waals surface area contributed by atoms with E-state index in [2.05, 4.69) is 15.6 Å². The Balaban J connectivity index is 0.00000420. The van der Waals surface area contributed by atoms with Crippen LogP contribution in [0.5, 0.6) is 0 Å². The van der Waals surface area contributed by atoms with E-state index in [1.54, 1.807) is 18.2 Å². The maximum absolute atomic E-state index is 13.3. The molecule has 2 rings (SSSR count). The lowest BCUT2D eigenvalue weighted by molar-refractivity contribution is -0.120. The Labute approximate surface area is 187 Å². The molecule has 29 heavy (non-hydrogen) atoms. The Hall–Kier alpha value is -2.23. The Morgan fingerprint density at radius 1 is 1.03 bits per heavy atom. The fourth-order valence-electron chi connectivity index (χ4n) is 2.66. The average Bonchev–Trinajstić information content (AvgIpc) is 2.66. The minimum Gasteiger partial charge on any atom is -0.357 e. The molecule has 8 heteroatoms. The molecule has 0 radical (unpaired) electrons. The van der Waals surface area contributed by atoms with Crippen molar-refractivity contribution in [2.75, 3.05) is 26.7 Å². The van der Waals surface area contributed by atoms with Crippen molar-refractivity contribution in [1.82, 2.24) is 15.5 Å². The third kappa shape index (κ3) is 9.21. The first kappa shape index (κ1) is 24.8. The predicted octanol–water partition coefficient (Wildman–Crippen LogP) is 3.34. The molecule has 5 nitrogen and oxygen atoms in total. The number of halogens is 3. The number of aliphatic imine (C=N–C) groups is 1. The first-order chi connectivity index (χ1) is 13.5. The van der Waals surface area contributed by atoms with Gasteiger partial charge in [0.05, 0.1) is 13.0 Å². The van der Waals surface area contributed by atoms with Crippen LogP contribution < -0.4 is 10.6 Å². The molecule has 0 spiro atoms. The van der Waals surface area contributed by atoms with Gasteiger partial charge in [-0.1, -0.05) is 24.3 Å². The number of carbonyl (C=O) groups excluding carboxylic acids is 1. The molecular weight excluding hydrogens is 489 g/mol. The zero-order chi connectivity index (χ0) is 20.4. The second kappa shape index (κ2) is 13.1. The van der Waals surface area contributed by atoms with Crippen molar-refractivity contribution in [3.63, 3.8) is 0 Å². The van der Waals surface area contributed by atoms with Gasteiger partial charge in [0.25, 0.3) is 0 Å². The fraction of sp³-hybridized carbons (Fsp3) is 0.333. The van der Waals surface area contributed by atoms with Gasteiger partial charge >= 0.3 is 0 Å². The number of rotatable bonds is 8. The number of benzene rings is 2. The summed E-state index contributed by atoms with van der Waals surface area (Å²) < 4.78 is 26.2. The number of nitrogens with zero attached hydrogens (tertiary/aromatic N) is 2. The number of hydrogen-bond donors (Lipinski definition) is 2. The number of amides is 1. The number of guanidine groups is 1.